The molecule has 0 bridgehead atoms. The van der Waals surface area contributed by atoms with Crippen LogP contribution in [-0.2, 0) is 11.4 Å². The lowest BCUT2D eigenvalue weighted by Crippen LogP contribution is -2.13. The summed E-state index contributed by atoms with van der Waals surface area (Å²) in [5, 5.41) is 14.5. The first-order chi connectivity index (χ1) is 17.9. The van der Waals surface area contributed by atoms with Crippen LogP contribution < -0.4 is 14.8 Å². The fraction of sp³-hybridized carbons (Fsp3) is 0.133. The van der Waals surface area contributed by atoms with Crippen molar-refractivity contribution in [1.82, 2.24) is 0 Å². The van der Waals surface area contributed by atoms with Gasteiger partial charge in [-0.25, -0.2) is 4.39 Å². The van der Waals surface area contributed by atoms with E-state index in [1.54, 1.807) is 6.07 Å². The summed E-state index contributed by atoms with van der Waals surface area (Å²) in [6, 6.07) is 23.2. The molecule has 1 N–H and O–H groups in total. The number of hydrogen-bond donors (Lipinski definition) is 1. The van der Waals surface area contributed by atoms with Crippen molar-refractivity contribution >= 4 is 51.0 Å². The first kappa shape index (κ1) is 26.2. The van der Waals surface area contributed by atoms with E-state index < -0.39 is 11.7 Å². The molecule has 0 heterocycles. The maximum Gasteiger partial charge on any atom is 0.266 e. The highest BCUT2D eigenvalue weighted by molar-refractivity contribution is 14.1. The summed E-state index contributed by atoms with van der Waals surface area (Å²) < 4.78 is 26.1. The molecule has 5 nitrogen and oxygen atoms in total. The molecular formula is C30H24FIN2O3. The van der Waals surface area contributed by atoms with Crippen molar-refractivity contribution in [3.63, 3.8) is 0 Å². The van der Waals surface area contributed by atoms with E-state index >= 15 is 0 Å². The molecule has 0 atom stereocenters. The highest BCUT2D eigenvalue weighted by atomic mass is 127. The Hall–Kier alpha value is -3.90. The van der Waals surface area contributed by atoms with Crippen LogP contribution in [0.2, 0.25) is 0 Å². The van der Waals surface area contributed by atoms with Gasteiger partial charge in [-0.3, -0.25) is 4.79 Å². The molecule has 0 saturated heterocycles. The molecule has 4 aromatic carbocycles. The van der Waals surface area contributed by atoms with Crippen molar-refractivity contribution < 1.29 is 18.7 Å². The zero-order valence-electron chi connectivity index (χ0n) is 20.3. The number of carbonyl (C=O) groups excluding carboxylic acids is 1. The van der Waals surface area contributed by atoms with Gasteiger partial charge in [0.25, 0.3) is 5.91 Å². The van der Waals surface area contributed by atoms with E-state index in [9.17, 15) is 14.4 Å². The van der Waals surface area contributed by atoms with E-state index in [1.165, 1.54) is 30.3 Å². The van der Waals surface area contributed by atoms with Crippen molar-refractivity contribution in [3.8, 4) is 17.6 Å². The average Bonchev–Trinajstić information content (AvgIpc) is 2.89. The zero-order valence-corrected chi connectivity index (χ0v) is 22.5. The van der Waals surface area contributed by atoms with Crippen LogP contribution in [0.1, 0.15) is 23.6 Å². The van der Waals surface area contributed by atoms with Crippen molar-refractivity contribution in [2.45, 2.75) is 20.5 Å². The SMILES string of the molecule is CCOc1cc(/C=C(\C#N)C(=O)Nc2ccc(F)cc2)cc(I)c1OCc1c(C)ccc2ccccc12. The number of anilines is 1. The van der Waals surface area contributed by atoms with Crippen LogP contribution in [0.5, 0.6) is 11.5 Å². The average molecular weight is 606 g/mol. The number of amides is 1. The molecule has 186 valence electrons. The summed E-state index contributed by atoms with van der Waals surface area (Å²) >= 11 is 2.17. The second-order valence-corrected chi connectivity index (χ2v) is 9.43. The van der Waals surface area contributed by atoms with Crippen LogP contribution in [0.15, 0.2) is 78.4 Å². The number of carbonyl (C=O) groups is 1. The van der Waals surface area contributed by atoms with E-state index in [-0.39, 0.29) is 5.57 Å². The Kier molecular flexibility index (Phi) is 8.41. The number of rotatable bonds is 8. The van der Waals surface area contributed by atoms with Crippen molar-refractivity contribution in [2.75, 3.05) is 11.9 Å². The Morgan fingerprint density at radius 2 is 1.84 bits per heavy atom. The minimum Gasteiger partial charge on any atom is -0.490 e. The third-order valence-electron chi connectivity index (χ3n) is 5.75. The minimum atomic E-state index is -0.589. The second kappa shape index (κ2) is 11.9. The van der Waals surface area contributed by atoms with Gasteiger partial charge in [-0.15, -0.1) is 0 Å². The second-order valence-electron chi connectivity index (χ2n) is 8.26. The number of benzene rings is 4. The number of fused-ring (bicyclic) bond motifs is 1. The molecule has 4 aromatic rings. The van der Waals surface area contributed by atoms with E-state index in [0.717, 1.165) is 25.5 Å². The summed E-state index contributed by atoms with van der Waals surface area (Å²) in [4.78, 5) is 12.6. The lowest BCUT2D eigenvalue weighted by atomic mass is 10.0. The van der Waals surface area contributed by atoms with Gasteiger partial charge in [0.15, 0.2) is 11.5 Å². The molecule has 0 fully saturated rings. The van der Waals surface area contributed by atoms with Crippen LogP contribution in [0, 0.1) is 27.6 Å². The Morgan fingerprint density at radius 3 is 2.57 bits per heavy atom. The highest BCUT2D eigenvalue weighted by Crippen LogP contribution is 2.36. The smallest absolute Gasteiger partial charge is 0.266 e. The first-order valence-corrected chi connectivity index (χ1v) is 12.7. The predicted octanol–water partition coefficient (Wildman–Crippen LogP) is 7.42. The van der Waals surface area contributed by atoms with Crippen molar-refractivity contribution in [3.05, 3.63) is 104 Å². The van der Waals surface area contributed by atoms with Gasteiger partial charge in [0.05, 0.1) is 10.2 Å². The third-order valence-corrected chi connectivity index (χ3v) is 6.55. The molecule has 0 radical (unpaired) electrons. The molecule has 0 aliphatic heterocycles. The number of nitrogens with zero attached hydrogens (tertiary/aromatic N) is 1. The van der Waals surface area contributed by atoms with Crippen molar-refractivity contribution in [1.29, 1.82) is 5.26 Å². The number of ether oxygens (including phenoxy) is 2. The Labute approximate surface area is 228 Å². The number of nitrogens with one attached hydrogen (secondary N) is 1. The molecule has 0 spiro atoms. The Morgan fingerprint density at radius 1 is 1.08 bits per heavy atom. The monoisotopic (exact) mass is 606 g/mol. The molecule has 37 heavy (non-hydrogen) atoms. The molecule has 7 heteroatoms. The highest BCUT2D eigenvalue weighted by Gasteiger charge is 2.16. The normalized spacial score (nSPS) is 11.2. The molecule has 0 aliphatic rings. The first-order valence-electron chi connectivity index (χ1n) is 11.6. The number of hydrogen-bond acceptors (Lipinski definition) is 4. The van der Waals surface area contributed by atoms with Gasteiger partial charge in [0, 0.05) is 11.3 Å². The topological polar surface area (TPSA) is 71.3 Å². The molecule has 1 amide bonds. The molecule has 0 saturated carbocycles. The lowest BCUT2D eigenvalue weighted by molar-refractivity contribution is -0.112. The molecule has 4 rings (SSSR count). The van der Waals surface area contributed by atoms with Crippen LogP contribution in [0.25, 0.3) is 16.8 Å². The summed E-state index contributed by atoms with van der Waals surface area (Å²) in [5.41, 5.74) is 3.15. The van der Waals surface area contributed by atoms with Gasteiger partial charge < -0.3 is 14.8 Å². The van der Waals surface area contributed by atoms with Crippen LogP contribution in [0.4, 0.5) is 10.1 Å². The lowest BCUT2D eigenvalue weighted by Gasteiger charge is -2.17. The summed E-state index contributed by atoms with van der Waals surface area (Å²) in [5.74, 6) is 0.120. The fourth-order valence-electron chi connectivity index (χ4n) is 3.90. The molecule has 0 aliphatic carbocycles. The number of nitriles is 1. The summed E-state index contributed by atoms with van der Waals surface area (Å²) in [6.45, 7) is 4.73. The fourth-order valence-corrected chi connectivity index (χ4v) is 4.68. The van der Waals surface area contributed by atoms with E-state index in [1.807, 2.05) is 31.2 Å². The zero-order chi connectivity index (χ0) is 26.4. The predicted molar refractivity (Wildman–Crippen MR) is 152 cm³/mol. The van der Waals surface area contributed by atoms with E-state index in [2.05, 4.69) is 59.1 Å². The van der Waals surface area contributed by atoms with Crippen molar-refractivity contribution in [2.24, 2.45) is 0 Å². The van der Waals surface area contributed by atoms with Gasteiger partial charge in [0.1, 0.15) is 24.1 Å². The van der Waals surface area contributed by atoms with E-state index in [4.69, 9.17) is 9.47 Å². The number of halogens is 2. The maximum absolute atomic E-state index is 13.1. The van der Waals surface area contributed by atoms with Gasteiger partial charge in [0.2, 0.25) is 0 Å². The third kappa shape index (κ3) is 6.27. The Balaban J connectivity index is 1.61. The summed E-state index contributed by atoms with van der Waals surface area (Å²) in [6.07, 6.45) is 1.49. The quantitative estimate of drug-likeness (QED) is 0.129. The van der Waals surface area contributed by atoms with Crippen LogP contribution in [-0.4, -0.2) is 12.5 Å². The van der Waals surface area contributed by atoms with Gasteiger partial charge in [-0.1, -0.05) is 36.4 Å². The molecular weight excluding hydrogens is 582 g/mol. The standard InChI is InChI=1S/C30H24FIN2O3/c1-3-36-28-16-20(14-22(17-33)30(35)34-24-12-10-23(31)11-13-24)15-27(32)29(28)37-18-26-19(2)8-9-21-6-4-5-7-25(21)26/h4-16H,3,18H2,1-2H3,(H,34,35)/b22-14+. The van der Waals surface area contributed by atoms with Gasteiger partial charge >= 0.3 is 0 Å². The van der Waals surface area contributed by atoms with E-state index in [0.29, 0.717) is 36.0 Å². The van der Waals surface area contributed by atoms with Gasteiger partial charge in [-0.2, -0.15) is 5.26 Å². The maximum atomic E-state index is 13.1. The summed E-state index contributed by atoms with van der Waals surface area (Å²) in [7, 11) is 0. The largest absolute Gasteiger partial charge is 0.490 e. The molecule has 0 aromatic heterocycles. The molecule has 0 unspecified atom stereocenters. The van der Waals surface area contributed by atoms with Crippen LogP contribution in [0.3, 0.4) is 0 Å². The number of aryl methyl sites for hydroxylation is 1. The van der Waals surface area contributed by atoms with Gasteiger partial charge in [-0.05, 0) is 101 Å². The van der Waals surface area contributed by atoms with Crippen LogP contribution >= 0.6 is 22.6 Å². The Bertz CT molecular complexity index is 1520. The minimum absolute atomic E-state index is 0.0948.